The van der Waals surface area contributed by atoms with E-state index in [0.29, 0.717) is 0 Å². The lowest BCUT2D eigenvalue weighted by Gasteiger charge is -2.08. The zero-order chi connectivity index (χ0) is 10.0. The molecule has 0 saturated carbocycles. The molecule has 0 saturated heterocycles. The molecule has 0 bridgehead atoms. The lowest BCUT2D eigenvalue weighted by Crippen LogP contribution is -1.99. The van der Waals surface area contributed by atoms with Crippen molar-refractivity contribution in [3.8, 4) is 0 Å². The van der Waals surface area contributed by atoms with Gasteiger partial charge < -0.3 is 5.11 Å². The summed E-state index contributed by atoms with van der Waals surface area (Å²) in [5, 5.41) is 9.20. The largest absolute Gasteiger partial charge is 0.384 e. The minimum atomic E-state index is -1.16. The van der Waals surface area contributed by atoms with E-state index < -0.39 is 17.7 Å². The van der Waals surface area contributed by atoms with Gasteiger partial charge in [-0.05, 0) is 24.6 Å². The van der Waals surface area contributed by atoms with Crippen LogP contribution in [0.3, 0.4) is 0 Å². The van der Waals surface area contributed by atoms with E-state index in [9.17, 15) is 13.9 Å². The quantitative estimate of drug-likeness (QED) is 0.700. The van der Waals surface area contributed by atoms with Crippen molar-refractivity contribution in [2.24, 2.45) is 0 Å². The number of aliphatic hydroxyl groups is 1. The van der Waals surface area contributed by atoms with Crippen LogP contribution in [0.25, 0.3) is 0 Å². The van der Waals surface area contributed by atoms with Gasteiger partial charge in [-0.1, -0.05) is 6.08 Å². The molecule has 1 atom stereocenters. The van der Waals surface area contributed by atoms with Crippen molar-refractivity contribution in [3.63, 3.8) is 0 Å². The Hall–Kier alpha value is -1.22. The highest BCUT2D eigenvalue weighted by Gasteiger charge is 2.12. The molecule has 0 fully saturated rings. The van der Waals surface area contributed by atoms with Crippen molar-refractivity contribution in [3.05, 3.63) is 47.5 Å². The van der Waals surface area contributed by atoms with Crippen LogP contribution >= 0.6 is 0 Å². The first-order chi connectivity index (χ1) is 6.06. The third-order valence-corrected chi connectivity index (χ3v) is 1.82. The fraction of sp³-hybridized carbons (Fsp3) is 0.200. The van der Waals surface area contributed by atoms with Crippen molar-refractivity contribution in [2.45, 2.75) is 13.0 Å². The second-order valence-corrected chi connectivity index (χ2v) is 2.80. The highest BCUT2D eigenvalue weighted by atomic mass is 19.1. The van der Waals surface area contributed by atoms with Crippen molar-refractivity contribution in [2.75, 3.05) is 0 Å². The van der Waals surface area contributed by atoms with Gasteiger partial charge in [-0.2, -0.15) is 0 Å². The normalized spacial score (nSPS) is 12.6. The van der Waals surface area contributed by atoms with Crippen molar-refractivity contribution in [1.29, 1.82) is 0 Å². The van der Waals surface area contributed by atoms with Crippen LogP contribution in [0.4, 0.5) is 8.78 Å². The molecule has 0 heterocycles. The maximum absolute atomic E-state index is 13.1. The van der Waals surface area contributed by atoms with E-state index in [4.69, 9.17) is 0 Å². The Balaban J connectivity index is 3.22. The van der Waals surface area contributed by atoms with Crippen molar-refractivity contribution >= 4 is 0 Å². The summed E-state index contributed by atoms with van der Waals surface area (Å²) in [6.45, 7) is 4.75. The average Bonchev–Trinajstić information content (AvgIpc) is 2.10. The molecular formula is C10H10F2O. The van der Waals surface area contributed by atoms with Gasteiger partial charge in [-0.25, -0.2) is 8.78 Å². The van der Waals surface area contributed by atoms with Gasteiger partial charge in [0.15, 0.2) is 0 Å². The number of hydrogen-bond acceptors (Lipinski definition) is 1. The van der Waals surface area contributed by atoms with Crippen LogP contribution in [-0.4, -0.2) is 5.11 Å². The van der Waals surface area contributed by atoms with Gasteiger partial charge in [0.05, 0.1) is 6.10 Å². The van der Waals surface area contributed by atoms with Gasteiger partial charge in [-0.3, -0.25) is 0 Å². The summed E-state index contributed by atoms with van der Waals surface area (Å²) in [5.74, 6) is -1.15. The van der Waals surface area contributed by atoms with E-state index >= 15 is 0 Å². The molecular weight excluding hydrogens is 174 g/mol. The number of aliphatic hydroxyl groups excluding tert-OH is 1. The molecule has 1 aromatic rings. The van der Waals surface area contributed by atoms with Crippen LogP contribution in [0.5, 0.6) is 0 Å². The molecule has 1 aromatic carbocycles. The molecule has 1 nitrogen and oxygen atoms in total. The molecule has 0 spiro atoms. The maximum atomic E-state index is 13.1. The number of aryl methyl sites for hydroxylation is 1. The van der Waals surface area contributed by atoms with Crippen molar-refractivity contribution < 1.29 is 13.9 Å². The number of benzene rings is 1. The molecule has 0 aliphatic heterocycles. The molecule has 0 aliphatic carbocycles. The predicted molar refractivity (Wildman–Crippen MR) is 46.3 cm³/mol. The van der Waals surface area contributed by atoms with Gasteiger partial charge in [-0.15, -0.1) is 6.58 Å². The van der Waals surface area contributed by atoms with E-state index in [1.165, 1.54) is 6.92 Å². The van der Waals surface area contributed by atoms with Crippen LogP contribution in [0, 0.1) is 18.6 Å². The maximum Gasteiger partial charge on any atom is 0.129 e. The summed E-state index contributed by atoms with van der Waals surface area (Å²) < 4.78 is 26.0. The third-order valence-electron chi connectivity index (χ3n) is 1.82. The number of rotatable bonds is 2. The Labute approximate surface area is 75.3 Å². The van der Waals surface area contributed by atoms with Crippen LogP contribution in [-0.2, 0) is 0 Å². The first kappa shape index (κ1) is 9.86. The molecule has 0 aliphatic rings. The minimum absolute atomic E-state index is 0.0851. The Bertz CT molecular complexity index is 334. The fourth-order valence-corrected chi connectivity index (χ4v) is 1.02. The van der Waals surface area contributed by atoms with Gasteiger partial charge >= 0.3 is 0 Å². The Morgan fingerprint density at radius 1 is 1.38 bits per heavy atom. The Morgan fingerprint density at radius 3 is 2.54 bits per heavy atom. The second kappa shape index (κ2) is 3.66. The minimum Gasteiger partial charge on any atom is -0.384 e. The molecule has 1 rings (SSSR count). The first-order valence-electron chi connectivity index (χ1n) is 3.82. The Morgan fingerprint density at radius 2 is 2.00 bits per heavy atom. The summed E-state index contributed by atoms with van der Waals surface area (Å²) >= 11 is 0. The van der Waals surface area contributed by atoms with Crippen LogP contribution in [0.15, 0.2) is 24.8 Å². The lowest BCUT2D eigenvalue weighted by molar-refractivity contribution is 0.223. The van der Waals surface area contributed by atoms with Gasteiger partial charge in [0.25, 0.3) is 0 Å². The molecule has 0 amide bonds. The molecule has 13 heavy (non-hydrogen) atoms. The standard InChI is InChI=1S/C10H10F2O/c1-3-10(13)7-5-8(11)6(2)4-9(7)12/h3-5,10,13H,1H2,2H3. The highest BCUT2D eigenvalue weighted by molar-refractivity contribution is 5.28. The molecule has 1 unspecified atom stereocenters. The molecule has 0 radical (unpaired) electrons. The fourth-order valence-electron chi connectivity index (χ4n) is 1.02. The van der Waals surface area contributed by atoms with E-state index in [-0.39, 0.29) is 11.1 Å². The number of halogens is 2. The van der Waals surface area contributed by atoms with Crippen molar-refractivity contribution in [1.82, 2.24) is 0 Å². The lowest BCUT2D eigenvalue weighted by atomic mass is 10.1. The smallest absolute Gasteiger partial charge is 0.129 e. The first-order valence-corrected chi connectivity index (χ1v) is 3.82. The van der Waals surface area contributed by atoms with Gasteiger partial charge in [0.2, 0.25) is 0 Å². The van der Waals surface area contributed by atoms with E-state index in [1.54, 1.807) is 0 Å². The summed E-state index contributed by atoms with van der Waals surface area (Å²) in [4.78, 5) is 0. The van der Waals surface area contributed by atoms with E-state index in [0.717, 1.165) is 18.2 Å². The molecule has 0 aromatic heterocycles. The predicted octanol–water partition coefficient (Wildman–Crippen LogP) is 2.49. The Kier molecular flexibility index (Phi) is 2.78. The summed E-state index contributed by atoms with van der Waals surface area (Å²) in [6, 6.07) is 2.04. The summed E-state index contributed by atoms with van der Waals surface area (Å²) in [7, 11) is 0. The van der Waals surface area contributed by atoms with Gasteiger partial charge in [0, 0.05) is 5.56 Å². The third kappa shape index (κ3) is 1.92. The molecule has 1 N–H and O–H groups in total. The van der Waals surface area contributed by atoms with E-state index in [1.807, 2.05) is 0 Å². The monoisotopic (exact) mass is 184 g/mol. The topological polar surface area (TPSA) is 20.2 Å². The van der Waals surface area contributed by atoms with Crippen LogP contribution < -0.4 is 0 Å². The van der Waals surface area contributed by atoms with Gasteiger partial charge in [0.1, 0.15) is 11.6 Å². The zero-order valence-electron chi connectivity index (χ0n) is 7.22. The number of hydrogen-bond donors (Lipinski definition) is 1. The van der Waals surface area contributed by atoms with E-state index in [2.05, 4.69) is 6.58 Å². The zero-order valence-corrected chi connectivity index (χ0v) is 7.22. The SMILES string of the molecule is C=CC(O)c1cc(F)c(C)cc1F. The highest BCUT2D eigenvalue weighted by Crippen LogP contribution is 2.20. The second-order valence-electron chi connectivity index (χ2n) is 2.80. The average molecular weight is 184 g/mol. The molecule has 70 valence electrons. The van der Waals surface area contributed by atoms with Crippen LogP contribution in [0.2, 0.25) is 0 Å². The summed E-state index contributed by atoms with van der Waals surface area (Å²) in [6.07, 6.45) is -0.0113. The summed E-state index contributed by atoms with van der Waals surface area (Å²) in [5.41, 5.74) is 0.135. The molecule has 3 heteroatoms. The van der Waals surface area contributed by atoms with Crippen LogP contribution in [0.1, 0.15) is 17.2 Å².